The molecule has 0 aromatic heterocycles. The van der Waals surface area contributed by atoms with E-state index in [1.54, 1.807) is 6.92 Å². The second-order valence-electron chi connectivity index (χ2n) is 7.55. The molecule has 0 aliphatic rings. The summed E-state index contributed by atoms with van der Waals surface area (Å²) in [5.74, 6) is -0.405. The number of hydrogen-bond donors (Lipinski definition) is 0. The topological polar surface area (TPSA) is 90.9 Å². The Morgan fingerprint density at radius 2 is 0.871 bits per heavy atom. The second kappa shape index (κ2) is 21.0. The van der Waals surface area contributed by atoms with Crippen LogP contribution < -0.4 is 0 Å². The monoisotopic (exact) mass is 466 g/mol. The van der Waals surface area contributed by atoms with E-state index < -0.39 is 14.3 Å². The van der Waals surface area contributed by atoms with Gasteiger partial charge in [-0.1, -0.05) is 6.58 Å². The molecule has 0 heterocycles. The van der Waals surface area contributed by atoms with E-state index in [4.69, 9.17) is 37.6 Å². The van der Waals surface area contributed by atoms with Crippen molar-refractivity contribution in [3.63, 3.8) is 0 Å². The molecule has 0 spiro atoms. The van der Waals surface area contributed by atoms with Gasteiger partial charge in [-0.3, -0.25) is 0 Å². The zero-order chi connectivity index (χ0) is 23.2. The Morgan fingerprint density at radius 1 is 0.581 bits per heavy atom. The lowest BCUT2D eigenvalue weighted by Crippen LogP contribution is -2.27. The fourth-order valence-electron chi connectivity index (χ4n) is 1.92. The average Bonchev–Trinajstić information content (AvgIpc) is 2.70. The minimum atomic E-state index is -1.44. The predicted molar refractivity (Wildman–Crippen MR) is 120 cm³/mol. The first-order chi connectivity index (χ1) is 14.8. The molecule has 184 valence electrons. The van der Waals surface area contributed by atoms with Crippen molar-refractivity contribution in [1.82, 2.24) is 0 Å². The van der Waals surface area contributed by atoms with Gasteiger partial charge >= 0.3 is 5.97 Å². The van der Waals surface area contributed by atoms with E-state index in [1.807, 2.05) is 0 Å². The van der Waals surface area contributed by atoms with Gasteiger partial charge in [0.1, 0.15) is 6.61 Å². The van der Waals surface area contributed by atoms with Crippen LogP contribution >= 0.6 is 0 Å². The molecule has 0 N–H and O–H groups in total. The van der Waals surface area contributed by atoms with Crippen molar-refractivity contribution in [2.75, 3.05) is 92.5 Å². The molecule has 0 radical (unpaired) electrons. The third-order valence-electron chi connectivity index (χ3n) is 3.43. The van der Waals surface area contributed by atoms with E-state index in [0.717, 1.165) is 0 Å². The van der Waals surface area contributed by atoms with Crippen molar-refractivity contribution in [2.24, 2.45) is 0 Å². The first kappa shape index (κ1) is 30.1. The van der Waals surface area contributed by atoms with Crippen molar-refractivity contribution < 1.29 is 42.4 Å². The third-order valence-corrected chi connectivity index (χ3v) is 4.50. The molecule has 0 unspecified atom stereocenters. The molecule has 0 aromatic carbocycles. The van der Waals surface area contributed by atoms with Crippen LogP contribution in [0.1, 0.15) is 6.92 Å². The summed E-state index contributed by atoms with van der Waals surface area (Å²) in [4.78, 5) is 11.1. The Morgan fingerprint density at radius 3 is 1.16 bits per heavy atom. The summed E-state index contributed by atoms with van der Waals surface area (Å²) in [7, 11) is -1.44. The molecule has 0 aliphatic heterocycles. The van der Waals surface area contributed by atoms with Crippen LogP contribution in [-0.2, 0) is 42.4 Å². The smallest absolute Gasteiger partial charge is 0.333 e. The van der Waals surface area contributed by atoms with Crippen LogP contribution in [0.3, 0.4) is 0 Å². The van der Waals surface area contributed by atoms with E-state index >= 15 is 0 Å². The van der Waals surface area contributed by atoms with Crippen molar-refractivity contribution in [3.8, 4) is 0 Å². The van der Waals surface area contributed by atoms with Crippen molar-refractivity contribution in [3.05, 3.63) is 12.2 Å². The quantitative estimate of drug-likeness (QED) is 0.0971. The van der Waals surface area contributed by atoms with Crippen LogP contribution in [0.15, 0.2) is 12.2 Å². The molecular formula is C21H42O9Si. The molecule has 0 aliphatic carbocycles. The lowest BCUT2D eigenvalue weighted by atomic mass is 10.4. The predicted octanol–water partition coefficient (Wildman–Crippen LogP) is 2.06. The maximum absolute atomic E-state index is 11.1. The summed E-state index contributed by atoms with van der Waals surface area (Å²) in [5.41, 5.74) is 0.377. The molecule has 0 atom stereocenters. The number of ether oxygens (including phenoxy) is 7. The molecule has 0 rings (SSSR count). The van der Waals surface area contributed by atoms with Gasteiger partial charge in [-0.25, -0.2) is 4.79 Å². The van der Waals surface area contributed by atoms with E-state index in [2.05, 4.69) is 26.2 Å². The second-order valence-corrected chi connectivity index (χ2v) is 12.1. The Balaban J connectivity index is 3.10. The molecule has 0 fully saturated rings. The lowest BCUT2D eigenvalue weighted by molar-refractivity contribution is -0.140. The molecule has 10 heteroatoms. The highest BCUT2D eigenvalue weighted by atomic mass is 28.4. The molecule has 31 heavy (non-hydrogen) atoms. The Bertz CT molecular complexity index is 441. The van der Waals surface area contributed by atoms with Gasteiger partial charge in [-0.05, 0) is 26.6 Å². The summed E-state index contributed by atoms with van der Waals surface area (Å²) in [5, 5.41) is 0. The highest BCUT2D eigenvalue weighted by molar-refractivity contribution is 6.69. The van der Waals surface area contributed by atoms with E-state index in [1.165, 1.54) is 0 Å². The normalized spacial score (nSPS) is 11.6. The summed E-state index contributed by atoms with van der Waals surface area (Å²) in [6, 6.07) is 0. The largest absolute Gasteiger partial charge is 0.460 e. The van der Waals surface area contributed by atoms with Gasteiger partial charge in [0.2, 0.25) is 0 Å². The maximum Gasteiger partial charge on any atom is 0.333 e. The Hall–Kier alpha value is -0.853. The minimum Gasteiger partial charge on any atom is -0.460 e. The number of carbonyl (C=O) groups is 1. The van der Waals surface area contributed by atoms with Gasteiger partial charge in [0.15, 0.2) is 8.32 Å². The van der Waals surface area contributed by atoms with Gasteiger partial charge in [-0.15, -0.1) is 0 Å². The molecule has 0 saturated heterocycles. The number of rotatable bonds is 23. The summed E-state index contributed by atoms with van der Waals surface area (Å²) in [6.45, 7) is 18.4. The highest BCUT2D eigenvalue weighted by Crippen LogP contribution is 2.01. The van der Waals surface area contributed by atoms with E-state index in [-0.39, 0.29) is 6.61 Å². The minimum absolute atomic E-state index is 0.210. The van der Waals surface area contributed by atoms with E-state index in [9.17, 15) is 4.79 Å². The van der Waals surface area contributed by atoms with Gasteiger partial charge in [0, 0.05) is 5.57 Å². The lowest BCUT2D eigenvalue weighted by Gasteiger charge is -2.16. The average molecular weight is 467 g/mol. The first-order valence-corrected chi connectivity index (χ1v) is 14.2. The van der Waals surface area contributed by atoms with Crippen LogP contribution in [-0.4, -0.2) is 107 Å². The molecule has 9 nitrogen and oxygen atoms in total. The first-order valence-electron chi connectivity index (χ1n) is 10.8. The van der Waals surface area contributed by atoms with Crippen LogP contribution in [0.5, 0.6) is 0 Å². The Kier molecular flexibility index (Phi) is 20.4. The van der Waals surface area contributed by atoms with Gasteiger partial charge in [-0.2, -0.15) is 0 Å². The standard InChI is InChI=1S/C21H42O9Si/c1-20(2)21(22)29-18-16-27-14-12-25-10-8-23-6-7-24-9-11-26-13-15-28-17-19-30-31(3,4)5/h1,6-19H2,2-5H3. The molecule has 0 saturated carbocycles. The van der Waals surface area contributed by atoms with Crippen molar-refractivity contribution in [1.29, 1.82) is 0 Å². The van der Waals surface area contributed by atoms with Crippen LogP contribution in [0.4, 0.5) is 0 Å². The number of hydrogen-bond acceptors (Lipinski definition) is 9. The number of carbonyl (C=O) groups excluding carboxylic acids is 1. The summed E-state index contributed by atoms with van der Waals surface area (Å²) in [6.07, 6.45) is 0. The third kappa shape index (κ3) is 25.3. The summed E-state index contributed by atoms with van der Waals surface area (Å²) < 4.78 is 42.9. The fourth-order valence-corrected chi connectivity index (χ4v) is 2.62. The molecule has 0 bridgehead atoms. The molecule has 0 aromatic rings. The van der Waals surface area contributed by atoms with E-state index in [0.29, 0.717) is 91.5 Å². The van der Waals surface area contributed by atoms with Gasteiger partial charge in [0.05, 0.1) is 85.9 Å². The van der Waals surface area contributed by atoms with Crippen molar-refractivity contribution in [2.45, 2.75) is 26.6 Å². The molecule has 0 amide bonds. The van der Waals surface area contributed by atoms with Crippen LogP contribution in [0.25, 0.3) is 0 Å². The summed E-state index contributed by atoms with van der Waals surface area (Å²) >= 11 is 0. The highest BCUT2D eigenvalue weighted by Gasteiger charge is 2.13. The van der Waals surface area contributed by atoms with Crippen LogP contribution in [0.2, 0.25) is 19.6 Å². The SMILES string of the molecule is C=C(C)C(=O)OCCOCCOCCOCCOCCOCCOCCO[Si](C)(C)C. The van der Waals surface area contributed by atoms with Crippen molar-refractivity contribution >= 4 is 14.3 Å². The van der Waals surface area contributed by atoms with Gasteiger partial charge < -0.3 is 37.6 Å². The number of esters is 1. The fraction of sp³-hybridized carbons (Fsp3) is 0.857. The van der Waals surface area contributed by atoms with Gasteiger partial charge in [0.25, 0.3) is 0 Å². The zero-order valence-electron chi connectivity index (χ0n) is 19.8. The molecular weight excluding hydrogens is 424 g/mol. The zero-order valence-corrected chi connectivity index (χ0v) is 20.8. The van der Waals surface area contributed by atoms with Crippen LogP contribution in [0, 0.1) is 0 Å². The Labute approximate surface area is 188 Å². The maximum atomic E-state index is 11.1.